The van der Waals surface area contributed by atoms with E-state index in [4.69, 9.17) is 14.9 Å². The average Bonchev–Trinajstić information content (AvgIpc) is 2.99. The zero-order valence-electron chi connectivity index (χ0n) is 14.3. The fraction of sp³-hybridized carbons (Fsp3) is 0.526. The van der Waals surface area contributed by atoms with Crippen LogP contribution in [0.4, 0.5) is 4.39 Å². The molecule has 0 amide bonds. The first-order valence-corrected chi connectivity index (χ1v) is 8.52. The number of aromatic nitrogens is 1. The lowest BCUT2D eigenvalue weighted by Gasteiger charge is -2.32. The third-order valence-electron chi connectivity index (χ3n) is 4.91. The molecule has 2 N–H and O–H groups in total. The molecule has 2 aromatic rings. The molecule has 1 fully saturated rings. The lowest BCUT2D eigenvalue weighted by atomic mass is 9.73. The molecule has 1 aliphatic carbocycles. The van der Waals surface area contributed by atoms with Gasteiger partial charge in [0.05, 0.1) is 6.33 Å². The van der Waals surface area contributed by atoms with Crippen molar-refractivity contribution in [2.45, 2.75) is 45.4 Å². The van der Waals surface area contributed by atoms with Crippen LogP contribution in [0.2, 0.25) is 0 Å². The summed E-state index contributed by atoms with van der Waals surface area (Å²) in [5, 5.41) is 0. The molecule has 5 heteroatoms. The monoisotopic (exact) mass is 332 g/mol. The van der Waals surface area contributed by atoms with Crippen molar-refractivity contribution in [2.75, 3.05) is 13.2 Å². The van der Waals surface area contributed by atoms with Gasteiger partial charge in [0.1, 0.15) is 17.9 Å². The van der Waals surface area contributed by atoms with Crippen LogP contribution in [0.3, 0.4) is 0 Å². The third-order valence-corrected chi connectivity index (χ3v) is 4.91. The van der Waals surface area contributed by atoms with Gasteiger partial charge in [-0.25, -0.2) is 9.37 Å². The van der Waals surface area contributed by atoms with Crippen LogP contribution in [0.25, 0.3) is 11.1 Å². The highest BCUT2D eigenvalue weighted by atomic mass is 19.1. The second kappa shape index (κ2) is 6.93. The van der Waals surface area contributed by atoms with Crippen molar-refractivity contribution in [1.29, 1.82) is 0 Å². The van der Waals surface area contributed by atoms with E-state index in [2.05, 4.69) is 18.8 Å². The molecular weight excluding hydrogens is 307 g/mol. The van der Waals surface area contributed by atoms with E-state index >= 15 is 0 Å². The van der Waals surface area contributed by atoms with Crippen LogP contribution >= 0.6 is 0 Å². The summed E-state index contributed by atoms with van der Waals surface area (Å²) in [5.74, 6) is 1.85. The first-order chi connectivity index (χ1) is 11.5. The Morgan fingerprint density at radius 1 is 1.42 bits per heavy atom. The Bertz CT molecular complexity index is 726. The lowest BCUT2D eigenvalue weighted by molar-refractivity contribution is 0.210. The summed E-state index contributed by atoms with van der Waals surface area (Å²) in [5.41, 5.74) is 7.82. The predicted molar refractivity (Wildman–Crippen MR) is 92.7 cm³/mol. The van der Waals surface area contributed by atoms with Gasteiger partial charge in [0.15, 0.2) is 11.5 Å². The van der Waals surface area contributed by atoms with Gasteiger partial charge in [-0.1, -0.05) is 13.8 Å². The van der Waals surface area contributed by atoms with Crippen LogP contribution < -0.4 is 10.5 Å². The average molecular weight is 332 g/mol. The van der Waals surface area contributed by atoms with Crippen LogP contribution in [-0.2, 0) is 0 Å². The highest BCUT2D eigenvalue weighted by Gasteiger charge is 2.30. The molecule has 24 heavy (non-hydrogen) atoms. The van der Waals surface area contributed by atoms with E-state index in [1.807, 2.05) is 18.2 Å². The van der Waals surface area contributed by atoms with Gasteiger partial charge in [-0.2, -0.15) is 0 Å². The van der Waals surface area contributed by atoms with E-state index in [1.165, 1.54) is 12.8 Å². The summed E-state index contributed by atoms with van der Waals surface area (Å²) in [4.78, 5) is 4.64. The number of ether oxygens (including phenoxy) is 1. The first kappa shape index (κ1) is 17.0. The van der Waals surface area contributed by atoms with Crippen molar-refractivity contribution in [3.63, 3.8) is 0 Å². The van der Waals surface area contributed by atoms with Gasteiger partial charge in [0.25, 0.3) is 0 Å². The summed E-state index contributed by atoms with van der Waals surface area (Å²) < 4.78 is 24.1. The standard InChI is InChI=1S/C19H25FN2O2/c1-19(2)7-5-14(6-8-19)18-22-16-4-3-15(9-17(16)24-18)23-12-13(10-20)11-21/h3-4,9-10,14H,5-8,11-12,21H2,1-2H3/b13-10+. The molecule has 1 heterocycles. The van der Waals surface area contributed by atoms with Crippen molar-refractivity contribution in [3.8, 4) is 5.75 Å². The molecule has 4 nitrogen and oxygen atoms in total. The van der Waals surface area contributed by atoms with E-state index < -0.39 is 0 Å². The Hall–Kier alpha value is -1.88. The molecule has 1 aromatic heterocycles. The molecule has 0 aliphatic heterocycles. The minimum absolute atomic E-state index is 0.136. The molecular formula is C19H25FN2O2. The number of benzene rings is 1. The normalized spacial score (nSPS) is 18.9. The SMILES string of the molecule is CC1(C)CCC(c2nc3ccc(OC/C(=C/F)CN)cc3o2)CC1. The second-order valence-corrected chi connectivity index (χ2v) is 7.38. The molecule has 1 aromatic carbocycles. The lowest BCUT2D eigenvalue weighted by Crippen LogP contribution is -2.20. The zero-order chi connectivity index (χ0) is 17.2. The highest BCUT2D eigenvalue weighted by molar-refractivity contribution is 5.74. The quantitative estimate of drug-likeness (QED) is 0.862. The van der Waals surface area contributed by atoms with E-state index in [-0.39, 0.29) is 13.2 Å². The number of hydrogen-bond acceptors (Lipinski definition) is 4. The summed E-state index contributed by atoms with van der Waals surface area (Å²) >= 11 is 0. The van der Waals surface area contributed by atoms with Gasteiger partial charge in [0.2, 0.25) is 0 Å². The van der Waals surface area contributed by atoms with E-state index in [0.29, 0.717) is 34.6 Å². The summed E-state index contributed by atoms with van der Waals surface area (Å²) in [6.45, 7) is 4.92. The van der Waals surface area contributed by atoms with Crippen molar-refractivity contribution in [3.05, 3.63) is 36.0 Å². The smallest absolute Gasteiger partial charge is 0.198 e. The van der Waals surface area contributed by atoms with Crippen LogP contribution in [0.15, 0.2) is 34.5 Å². The van der Waals surface area contributed by atoms with Crippen LogP contribution in [0.1, 0.15) is 51.3 Å². The van der Waals surface area contributed by atoms with Crippen molar-refractivity contribution in [1.82, 2.24) is 4.98 Å². The van der Waals surface area contributed by atoms with Crippen LogP contribution in [-0.4, -0.2) is 18.1 Å². The molecule has 130 valence electrons. The number of nitrogens with two attached hydrogens (primary N) is 1. The molecule has 0 spiro atoms. The van der Waals surface area contributed by atoms with E-state index in [1.54, 1.807) is 0 Å². The number of halogens is 1. The van der Waals surface area contributed by atoms with E-state index in [9.17, 15) is 4.39 Å². The molecule has 0 radical (unpaired) electrons. The van der Waals surface area contributed by atoms with Gasteiger partial charge in [-0.15, -0.1) is 0 Å². The summed E-state index contributed by atoms with van der Waals surface area (Å²) in [6, 6.07) is 5.52. The zero-order valence-corrected chi connectivity index (χ0v) is 14.3. The number of fused-ring (bicyclic) bond motifs is 1. The maximum absolute atomic E-state index is 12.5. The number of oxazole rings is 1. The minimum Gasteiger partial charge on any atom is -0.489 e. The Kier molecular flexibility index (Phi) is 4.90. The largest absolute Gasteiger partial charge is 0.489 e. The predicted octanol–water partition coefficient (Wildman–Crippen LogP) is 4.70. The Labute approximate surface area is 141 Å². The maximum Gasteiger partial charge on any atom is 0.198 e. The highest BCUT2D eigenvalue weighted by Crippen LogP contribution is 2.42. The molecule has 0 saturated heterocycles. The Morgan fingerprint density at radius 3 is 2.83 bits per heavy atom. The number of nitrogens with zero attached hydrogens (tertiary/aromatic N) is 1. The molecule has 3 rings (SSSR count). The fourth-order valence-corrected chi connectivity index (χ4v) is 3.14. The minimum atomic E-state index is 0.136. The number of hydrogen-bond donors (Lipinski definition) is 1. The topological polar surface area (TPSA) is 61.3 Å². The Morgan fingerprint density at radius 2 is 2.17 bits per heavy atom. The summed E-state index contributed by atoms with van der Waals surface area (Å²) in [6.07, 6.45) is 5.12. The summed E-state index contributed by atoms with van der Waals surface area (Å²) in [7, 11) is 0. The van der Waals surface area contributed by atoms with Crippen LogP contribution in [0.5, 0.6) is 5.75 Å². The Balaban J connectivity index is 1.72. The molecule has 1 saturated carbocycles. The molecule has 0 bridgehead atoms. The van der Waals surface area contributed by atoms with Gasteiger partial charge < -0.3 is 14.9 Å². The first-order valence-electron chi connectivity index (χ1n) is 8.52. The molecule has 1 aliphatic rings. The van der Waals surface area contributed by atoms with Gasteiger partial charge in [-0.3, -0.25) is 0 Å². The number of rotatable bonds is 5. The second-order valence-electron chi connectivity index (χ2n) is 7.38. The molecule has 0 atom stereocenters. The fourth-order valence-electron chi connectivity index (χ4n) is 3.14. The third kappa shape index (κ3) is 3.78. The van der Waals surface area contributed by atoms with E-state index in [0.717, 1.165) is 24.2 Å². The van der Waals surface area contributed by atoms with Gasteiger partial charge in [0, 0.05) is 24.1 Å². The van der Waals surface area contributed by atoms with Crippen molar-refractivity contribution < 1.29 is 13.5 Å². The maximum atomic E-state index is 12.5. The van der Waals surface area contributed by atoms with Crippen molar-refractivity contribution >= 4 is 11.1 Å². The molecule has 0 unspecified atom stereocenters. The van der Waals surface area contributed by atoms with Gasteiger partial charge in [-0.05, 0) is 43.2 Å². The van der Waals surface area contributed by atoms with Crippen LogP contribution in [0, 0.1) is 5.41 Å². The van der Waals surface area contributed by atoms with Gasteiger partial charge >= 0.3 is 0 Å². The van der Waals surface area contributed by atoms with Crippen molar-refractivity contribution in [2.24, 2.45) is 11.1 Å².